The van der Waals surface area contributed by atoms with Crippen LogP contribution in [0.25, 0.3) is 11.3 Å². The lowest BCUT2D eigenvalue weighted by Gasteiger charge is -2.22. The summed E-state index contributed by atoms with van der Waals surface area (Å²) >= 11 is 6.34. The van der Waals surface area contributed by atoms with Gasteiger partial charge in [-0.1, -0.05) is 40.9 Å². The minimum Gasteiger partial charge on any atom is -0.357 e. The second-order valence-corrected chi connectivity index (χ2v) is 7.14. The highest BCUT2D eigenvalue weighted by Crippen LogP contribution is 2.31. The van der Waals surface area contributed by atoms with Crippen molar-refractivity contribution in [2.75, 3.05) is 6.61 Å². The third-order valence-electron chi connectivity index (χ3n) is 4.65. The number of carbonyl (C=O) groups excluding carboxylic acids is 1. The molecule has 1 aliphatic rings. The van der Waals surface area contributed by atoms with Crippen molar-refractivity contribution < 1.29 is 18.8 Å². The predicted octanol–water partition coefficient (Wildman–Crippen LogP) is 4.67. The van der Waals surface area contributed by atoms with Gasteiger partial charge >= 0.3 is 0 Å². The second-order valence-electron chi connectivity index (χ2n) is 6.74. The fraction of sp³-hybridized carbons (Fsp3) is 0.261. The number of hydrogen-bond acceptors (Lipinski definition) is 6. The van der Waals surface area contributed by atoms with Crippen molar-refractivity contribution in [2.45, 2.75) is 32.2 Å². The summed E-state index contributed by atoms with van der Waals surface area (Å²) in [5.41, 5.74) is 2.02. The highest BCUT2D eigenvalue weighted by molar-refractivity contribution is 6.33. The molecule has 1 unspecified atom stereocenters. The van der Waals surface area contributed by atoms with Crippen molar-refractivity contribution in [3.8, 4) is 23.1 Å². The average Bonchev–Trinajstić information content (AvgIpc) is 3.20. The summed E-state index contributed by atoms with van der Waals surface area (Å²) in [5, 5.41) is 4.66. The number of rotatable bonds is 5. The molecule has 2 aromatic heterocycles. The Morgan fingerprint density at radius 3 is 2.90 bits per heavy atom. The van der Waals surface area contributed by atoms with Crippen LogP contribution in [0, 0.1) is 11.8 Å². The van der Waals surface area contributed by atoms with Crippen LogP contribution >= 0.6 is 11.6 Å². The van der Waals surface area contributed by atoms with Crippen LogP contribution in [0.3, 0.4) is 0 Å². The first-order valence-electron chi connectivity index (χ1n) is 9.65. The molecule has 1 saturated heterocycles. The molecule has 1 aliphatic heterocycles. The van der Waals surface area contributed by atoms with Crippen LogP contribution in [0.2, 0.25) is 5.02 Å². The number of nitrogens with zero attached hydrogens (tertiary/aromatic N) is 2. The van der Waals surface area contributed by atoms with E-state index >= 15 is 0 Å². The van der Waals surface area contributed by atoms with Crippen LogP contribution in [0.4, 0.5) is 0 Å². The number of ketones is 1. The second kappa shape index (κ2) is 9.68. The van der Waals surface area contributed by atoms with E-state index < -0.39 is 0 Å². The monoisotopic (exact) mass is 422 g/mol. The maximum absolute atomic E-state index is 12.4. The molecule has 0 spiro atoms. The van der Waals surface area contributed by atoms with Crippen LogP contribution in [-0.4, -0.2) is 28.8 Å². The Morgan fingerprint density at radius 1 is 1.23 bits per heavy atom. The van der Waals surface area contributed by atoms with E-state index in [9.17, 15) is 4.79 Å². The van der Waals surface area contributed by atoms with Gasteiger partial charge in [-0.05, 0) is 43.4 Å². The Labute approximate surface area is 179 Å². The lowest BCUT2D eigenvalue weighted by Crippen LogP contribution is -2.22. The molecule has 0 bridgehead atoms. The standard InChI is InChI=1S/C23H19ClN2O4/c24-19-8-2-1-7-17(19)23-18(10-11-20(27)16-6-5-12-25-14-16)21(30-26-23)15-29-22-9-3-4-13-28-22/h1-2,5-8,12,14,22H,3-4,9,13,15H2. The highest BCUT2D eigenvalue weighted by Gasteiger charge is 2.21. The SMILES string of the molecule is O=C(C#Cc1c(-c2ccccc2Cl)noc1COC1CCCCO1)c1cccnc1. The third-order valence-corrected chi connectivity index (χ3v) is 4.98. The minimum atomic E-state index is -0.350. The fourth-order valence-electron chi connectivity index (χ4n) is 3.09. The van der Waals surface area contributed by atoms with Crippen molar-refractivity contribution >= 4 is 17.4 Å². The summed E-state index contributed by atoms with van der Waals surface area (Å²) in [4.78, 5) is 16.4. The molecule has 6 nitrogen and oxygen atoms in total. The Kier molecular flexibility index (Phi) is 6.55. The summed E-state index contributed by atoms with van der Waals surface area (Å²) in [6.45, 7) is 0.811. The summed E-state index contributed by atoms with van der Waals surface area (Å²) in [6.07, 6.45) is 5.70. The van der Waals surface area contributed by atoms with Gasteiger partial charge in [0, 0.05) is 30.1 Å². The predicted molar refractivity (Wildman–Crippen MR) is 111 cm³/mol. The number of hydrogen-bond donors (Lipinski definition) is 0. The first kappa shape index (κ1) is 20.3. The van der Waals surface area contributed by atoms with E-state index in [-0.39, 0.29) is 18.7 Å². The molecule has 0 saturated carbocycles. The van der Waals surface area contributed by atoms with Gasteiger partial charge in [0.2, 0.25) is 5.78 Å². The molecular formula is C23H19ClN2O4. The third kappa shape index (κ3) is 4.77. The van der Waals surface area contributed by atoms with E-state index in [4.69, 9.17) is 25.6 Å². The van der Waals surface area contributed by atoms with E-state index in [1.165, 1.54) is 6.20 Å². The van der Waals surface area contributed by atoms with Gasteiger partial charge in [0.25, 0.3) is 0 Å². The van der Waals surface area contributed by atoms with Crippen LogP contribution in [0.5, 0.6) is 0 Å². The zero-order valence-corrected chi connectivity index (χ0v) is 16.9. The number of pyridine rings is 1. The van der Waals surface area contributed by atoms with Gasteiger partial charge in [-0.25, -0.2) is 0 Å². The molecule has 7 heteroatoms. The van der Waals surface area contributed by atoms with Gasteiger partial charge in [-0.15, -0.1) is 0 Å². The van der Waals surface area contributed by atoms with E-state index in [1.807, 2.05) is 18.2 Å². The van der Waals surface area contributed by atoms with E-state index in [2.05, 4.69) is 22.0 Å². The number of ether oxygens (including phenoxy) is 2. The molecular weight excluding hydrogens is 404 g/mol. The zero-order chi connectivity index (χ0) is 20.8. The molecule has 1 fully saturated rings. The molecule has 0 amide bonds. The van der Waals surface area contributed by atoms with E-state index in [0.717, 1.165) is 19.3 Å². The number of carbonyl (C=O) groups is 1. The van der Waals surface area contributed by atoms with Gasteiger partial charge in [0.1, 0.15) is 12.3 Å². The van der Waals surface area contributed by atoms with Crippen LogP contribution < -0.4 is 0 Å². The molecule has 0 N–H and O–H groups in total. The lowest BCUT2D eigenvalue weighted by molar-refractivity contribution is -0.171. The van der Waals surface area contributed by atoms with E-state index in [1.54, 1.807) is 24.4 Å². The topological polar surface area (TPSA) is 74.5 Å². The molecule has 152 valence electrons. The van der Waals surface area contributed by atoms with Crippen molar-refractivity contribution in [1.29, 1.82) is 0 Å². The van der Waals surface area contributed by atoms with Crippen LogP contribution in [0.15, 0.2) is 53.3 Å². The maximum Gasteiger partial charge on any atom is 0.237 e. The van der Waals surface area contributed by atoms with Crippen molar-refractivity contribution in [3.63, 3.8) is 0 Å². The van der Waals surface area contributed by atoms with Gasteiger partial charge in [0.15, 0.2) is 12.1 Å². The van der Waals surface area contributed by atoms with Crippen molar-refractivity contribution in [2.24, 2.45) is 0 Å². The average molecular weight is 423 g/mol. The van der Waals surface area contributed by atoms with E-state index in [0.29, 0.717) is 39.8 Å². The molecule has 30 heavy (non-hydrogen) atoms. The number of aromatic nitrogens is 2. The van der Waals surface area contributed by atoms with Gasteiger partial charge in [-0.3, -0.25) is 9.78 Å². The molecule has 0 aliphatic carbocycles. The molecule has 0 radical (unpaired) electrons. The van der Waals surface area contributed by atoms with Crippen molar-refractivity contribution in [1.82, 2.24) is 10.1 Å². The van der Waals surface area contributed by atoms with Gasteiger partial charge < -0.3 is 14.0 Å². The summed E-state index contributed by atoms with van der Waals surface area (Å²) in [6, 6.07) is 10.6. The molecule has 3 aromatic rings. The summed E-state index contributed by atoms with van der Waals surface area (Å²) < 4.78 is 17.0. The zero-order valence-electron chi connectivity index (χ0n) is 16.1. The maximum atomic E-state index is 12.4. The smallest absolute Gasteiger partial charge is 0.237 e. The summed E-state index contributed by atoms with van der Waals surface area (Å²) in [5.74, 6) is 5.63. The Morgan fingerprint density at radius 2 is 2.13 bits per heavy atom. The number of benzene rings is 1. The molecule has 4 rings (SSSR count). The largest absolute Gasteiger partial charge is 0.357 e. The first-order valence-corrected chi connectivity index (χ1v) is 10.0. The summed E-state index contributed by atoms with van der Waals surface area (Å²) in [7, 11) is 0. The Balaban J connectivity index is 1.65. The van der Waals surface area contributed by atoms with Crippen molar-refractivity contribution in [3.05, 3.63) is 70.7 Å². The minimum absolute atomic E-state index is 0.132. The first-order chi connectivity index (χ1) is 14.7. The fourth-order valence-corrected chi connectivity index (χ4v) is 3.31. The van der Waals surface area contributed by atoms with Gasteiger partial charge in [0.05, 0.1) is 10.6 Å². The molecule has 1 aromatic carbocycles. The number of halogens is 1. The Bertz CT molecular complexity index is 1080. The lowest BCUT2D eigenvalue weighted by atomic mass is 10.1. The number of Topliss-reactive ketones (excluding diaryl/α,β-unsaturated/α-hetero) is 1. The molecule has 3 heterocycles. The van der Waals surface area contributed by atoms with Gasteiger partial charge in [-0.2, -0.15) is 0 Å². The van der Waals surface area contributed by atoms with Crippen LogP contribution in [-0.2, 0) is 16.1 Å². The highest BCUT2D eigenvalue weighted by atomic mass is 35.5. The molecule has 1 atom stereocenters. The quantitative estimate of drug-likeness (QED) is 0.439. The Hall–Kier alpha value is -2.98. The normalized spacial score (nSPS) is 16.0. The van der Waals surface area contributed by atoms with Crippen LogP contribution in [0.1, 0.15) is 40.9 Å².